The summed E-state index contributed by atoms with van der Waals surface area (Å²) < 4.78 is 39.2. The predicted octanol–water partition coefficient (Wildman–Crippen LogP) is 2.12. The Balaban J connectivity index is 1.25. The van der Waals surface area contributed by atoms with E-state index in [9.17, 15) is 13.2 Å². The number of aldehydes is 1. The Morgan fingerprint density at radius 2 is 1.83 bits per heavy atom. The van der Waals surface area contributed by atoms with E-state index in [0.717, 1.165) is 63.5 Å². The number of para-hydroxylation sites is 1. The molecular weight excluding hydrogens is 404 g/mol. The molecule has 30 heavy (non-hydrogen) atoms. The Kier molecular flexibility index (Phi) is 7.08. The number of benzene rings is 1. The van der Waals surface area contributed by atoms with Crippen molar-refractivity contribution in [3.63, 3.8) is 0 Å². The van der Waals surface area contributed by atoms with E-state index >= 15 is 0 Å². The number of rotatable bonds is 10. The molecule has 0 unspecified atom stereocenters. The van der Waals surface area contributed by atoms with Crippen molar-refractivity contribution in [3.8, 4) is 5.75 Å². The number of carbonyl (C=O) groups is 1. The van der Waals surface area contributed by atoms with Crippen LogP contribution in [0.3, 0.4) is 0 Å². The quantitative estimate of drug-likeness (QED) is 0.546. The number of carbonyl (C=O) groups excluding carboxylic acids is 1. The van der Waals surface area contributed by atoms with Crippen LogP contribution in [0.2, 0.25) is 0 Å². The van der Waals surface area contributed by atoms with Gasteiger partial charge in [0.2, 0.25) is 10.0 Å². The molecule has 0 amide bonds. The highest BCUT2D eigenvalue weighted by atomic mass is 32.2. The third-order valence-electron chi connectivity index (χ3n) is 6.48. The fraction of sp³-hybridized carbons (Fsp3) is 0.682. The molecule has 1 saturated heterocycles. The molecule has 8 heteroatoms. The van der Waals surface area contributed by atoms with Crippen LogP contribution in [0.4, 0.5) is 0 Å². The van der Waals surface area contributed by atoms with Crippen LogP contribution in [0.5, 0.6) is 5.75 Å². The predicted molar refractivity (Wildman–Crippen MR) is 114 cm³/mol. The summed E-state index contributed by atoms with van der Waals surface area (Å²) in [5.41, 5.74) is 1.17. The Hall–Kier alpha value is -1.48. The van der Waals surface area contributed by atoms with E-state index in [1.165, 1.54) is 5.56 Å². The van der Waals surface area contributed by atoms with Gasteiger partial charge < -0.3 is 14.8 Å². The molecule has 0 bridgehead atoms. The molecule has 2 aliphatic carbocycles. The summed E-state index contributed by atoms with van der Waals surface area (Å²) in [4.78, 5) is 10.6. The molecule has 4 rings (SSSR count). The lowest BCUT2D eigenvalue weighted by Crippen LogP contribution is -2.47. The number of hydrogen-bond acceptors (Lipinski definition) is 6. The van der Waals surface area contributed by atoms with E-state index in [-0.39, 0.29) is 30.0 Å². The van der Waals surface area contributed by atoms with E-state index in [1.54, 1.807) is 0 Å². The van der Waals surface area contributed by atoms with Gasteiger partial charge in [-0.15, -0.1) is 0 Å². The van der Waals surface area contributed by atoms with Crippen molar-refractivity contribution in [3.05, 3.63) is 29.8 Å². The summed E-state index contributed by atoms with van der Waals surface area (Å²) >= 11 is 0. The zero-order chi connectivity index (χ0) is 21.0. The first-order chi connectivity index (χ1) is 14.6. The van der Waals surface area contributed by atoms with Crippen LogP contribution < -0.4 is 14.8 Å². The molecule has 166 valence electrons. The minimum absolute atomic E-state index is 0.0358. The molecule has 3 aliphatic rings. The van der Waals surface area contributed by atoms with E-state index in [0.29, 0.717) is 12.5 Å². The van der Waals surface area contributed by atoms with Gasteiger partial charge in [-0.05, 0) is 69.0 Å². The highest BCUT2D eigenvalue weighted by Gasteiger charge is 2.39. The fourth-order valence-corrected chi connectivity index (χ4v) is 6.28. The van der Waals surface area contributed by atoms with Crippen LogP contribution in [0.25, 0.3) is 0 Å². The van der Waals surface area contributed by atoms with Gasteiger partial charge >= 0.3 is 0 Å². The molecule has 2 saturated carbocycles. The second kappa shape index (κ2) is 9.77. The molecule has 0 aromatic heterocycles. The minimum Gasteiger partial charge on any atom is -0.486 e. The molecule has 7 nitrogen and oxygen atoms in total. The average molecular weight is 437 g/mol. The zero-order valence-electron chi connectivity index (χ0n) is 17.3. The number of sulfonamides is 1. The average Bonchev–Trinajstić information content (AvgIpc) is 3.54. The van der Waals surface area contributed by atoms with Crippen LogP contribution in [0.1, 0.15) is 56.4 Å². The first-order valence-electron chi connectivity index (χ1n) is 11.1. The topological polar surface area (TPSA) is 93.7 Å². The standard InChI is InChI=1S/C22H32N2O5S/c25-13-14-28-22-4-2-1-3-19(22)16-5-7-17(8-6-16)29-15-21-20(11-12-23-21)24-30(26,27)18-9-10-18/h1-4,13,16-18,20-21,23-24H,5-12,14-15H2/t16?,17?,20-,21-/m0/s1. The molecule has 1 heterocycles. The summed E-state index contributed by atoms with van der Waals surface area (Å²) in [6.45, 7) is 1.43. The maximum atomic E-state index is 12.3. The van der Waals surface area contributed by atoms with Crippen molar-refractivity contribution >= 4 is 16.3 Å². The molecule has 1 aromatic rings. The second-order valence-electron chi connectivity index (χ2n) is 8.64. The van der Waals surface area contributed by atoms with E-state index in [1.807, 2.05) is 18.2 Å². The molecule has 1 aliphatic heterocycles. The van der Waals surface area contributed by atoms with Crippen molar-refractivity contribution in [1.29, 1.82) is 0 Å². The Morgan fingerprint density at radius 3 is 2.57 bits per heavy atom. The molecular formula is C22H32N2O5S. The SMILES string of the molecule is O=CCOc1ccccc1C1CCC(OC[C@@H]2NCC[C@@H]2NS(=O)(=O)C2CC2)CC1. The van der Waals surface area contributed by atoms with Crippen LogP contribution in [0.15, 0.2) is 24.3 Å². The van der Waals surface area contributed by atoms with Gasteiger partial charge in [0.1, 0.15) is 12.4 Å². The maximum absolute atomic E-state index is 12.3. The number of nitrogens with one attached hydrogen (secondary N) is 2. The summed E-state index contributed by atoms with van der Waals surface area (Å²) in [6.07, 6.45) is 7.32. The van der Waals surface area contributed by atoms with Crippen LogP contribution in [-0.4, -0.2) is 57.9 Å². The van der Waals surface area contributed by atoms with Crippen molar-refractivity contribution in [2.75, 3.05) is 19.8 Å². The largest absolute Gasteiger partial charge is 0.486 e. The third kappa shape index (κ3) is 5.41. The normalized spacial score (nSPS) is 29.6. The minimum atomic E-state index is -3.17. The van der Waals surface area contributed by atoms with Gasteiger partial charge in [-0.3, -0.25) is 4.79 Å². The summed E-state index contributed by atoms with van der Waals surface area (Å²) in [5.74, 6) is 1.21. The lowest BCUT2D eigenvalue weighted by atomic mass is 9.82. The van der Waals surface area contributed by atoms with Crippen molar-refractivity contribution in [1.82, 2.24) is 10.0 Å². The number of hydrogen-bond donors (Lipinski definition) is 2. The van der Waals surface area contributed by atoms with Gasteiger partial charge in [0, 0.05) is 12.1 Å². The lowest BCUT2D eigenvalue weighted by molar-refractivity contribution is -0.109. The molecule has 2 atom stereocenters. The zero-order valence-corrected chi connectivity index (χ0v) is 18.1. The smallest absolute Gasteiger partial charge is 0.214 e. The van der Waals surface area contributed by atoms with Gasteiger partial charge in [0.15, 0.2) is 6.29 Å². The van der Waals surface area contributed by atoms with E-state index in [4.69, 9.17) is 9.47 Å². The summed E-state index contributed by atoms with van der Waals surface area (Å²) in [7, 11) is -3.17. The van der Waals surface area contributed by atoms with Crippen molar-refractivity contribution in [2.45, 2.75) is 74.3 Å². The molecule has 0 spiro atoms. The fourth-order valence-electron chi connectivity index (χ4n) is 4.62. The highest BCUT2D eigenvalue weighted by molar-refractivity contribution is 7.90. The van der Waals surface area contributed by atoms with Crippen molar-refractivity contribution in [2.24, 2.45) is 0 Å². The molecule has 3 fully saturated rings. The highest BCUT2D eigenvalue weighted by Crippen LogP contribution is 2.38. The van der Waals surface area contributed by atoms with Gasteiger partial charge in [-0.1, -0.05) is 18.2 Å². The lowest BCUT2D eigenvalue weighted by Gasteiger charge is -2.31. The number of ether oxygens (including phenoxy) is 2. The second-order valence-corrected chi connectivity index (χ2v) is 10.6. The Labute approximate surface area is 179 Å². The van der Waals surface area contributed by atoms with Gasteiger partial charge in [-0.2, -0.15) is 0 Å². The summed E-state index contributed by atoms with van der Waals surface area (Å²) in [6, 6.07) is 7.92. The molecule has 1 aromatic carbocycles. The first kappa shape index (κ1) is 21.7. The first-order valence-corrected chi connectivity index (χ1v) is 12.6. The Morgan fingerprint density at radius 1 is 1.07 bits per heavy atom. The van der Waals surface area contributed by atoms with E-state index < -0.39 is 10.0 Å². The van der Waals surface area contributed by atoms with E-state index in [2.05, 4.69) is 16.1 Å². The molecule has 0 radical (unpaired) electrons. The van der Waals surface area contributed by atoms with Crippen LogP contribution >= 0.6 is 0 Å². The summed E-state index contributed by atoms with van der Waals surface area (Å²) in [5, 5.41) is 3.21. The maximum Gasteiger partial charge on any atom is 0.214 e. The third-order valence-corrected chi connectivity index (χ3v) is 8.46. The van der Waals surface area contributed by atoms with Gasteiger partial charge in [0.05, 0.1) is 18.0 Å². The van der Waals surface area contributed by atoms with Gasteiger partial charge in [0.25, 0.3) is 0 Å². The Bertz CT molecular complexity index is 819. The van der Waals surface area contributed by atoms with Gasteiger partial charge in [-0.25, -0.2) is 13.1 Å². The van der Waals surface area contributed by atoms with Crippen LogP contribution in [-0.2, 0) is 19.6 Å². The molecule has 2 N–H and O–H groups in total. The van der Waals surface area contributed by atoms with Crippen LogP contribution in [0, 0.1) is 0 Å². The van der Waals surface area contributed by atoms with Crippen molar-refractivity contribution < 1.29 is 22.7 Å². The monoisotopic (exact) mass is 436 g/mol.